The van der Waals surface area contributed by atoms with Crippen LogP contribution < -0.4 is 4.90 Å². The number of benzene rings is 10. The maximum Gasteiger partial charge on any atom is 0.0725 e. The van der Waals surface area contributed by atoms with Crippen LogP contribution in [0, 0.1) is 0 Å². The summed E-state index contributed by atoms with van der Waals surface area (Å²) in [7, 11) is 0. The third-order valence-corrected chi connectivity index (χ3v) is 16.6. The number of anilines is 3. The fourth-order valence-electron chi connectivity index (χ4n) is 12.0. The minimum atomic E-state index is -0.485. The summed E-state index contributed by atoms with van der Waals surface area (Å²) in [5.41, 5.74) is 23.5. The molecule has 2 aliphatic rings. The van der Waals surface area contributed by atoms with Crippen LogP contribution in [-0.2, 0) is 16.2 Å². The molecule has 0 bridgehead atoms. The first-order chi connectivity index (χ1) is 34.5. The minimum absolute atomic E-state index is 0.0158. The molecule has 0 unspecified atom stereocenters. The summed E-state index contributed by atoms with van der Waals surface area (Å²) in [5, 5.41) is 2.59. The number of rotatable bonds is 6. The van der Waals surface area contributed by atoms with Crippen LogP contribution >= 0.6 is 11.3 Å². The molecule has 0 amide bonds. The number of hydrogen-bond acceptors (Lipinski definition) is 2. The van der Waals surface area contributed by atoms with E-state index in [1.54, 1.807) is 0 Å². The molecule has 1 heterocycles. The van der Waals surface area contributed by atoms with Crippen LogP contribution in [0.15, 0.2) is 224 Å². The van der Waals surface area contributed by atoms with Crippen molar-refractivity contribution in [3.8, 4) is 55.6 Å². The van der Waals surface area contributed by atoms with Gasteiger partial charge in [-0.05, 0) is 131 Å². The zero-order chi connectivity index (χ0) is 48.2. The zero-order valence-electron chi connectivity index (χ0n) is 41.2. The smallest absolute Gasteiger partial charge is 0.0725 e. The lowest BCUT2D eigenvalue weighted by atomic mass is 9.69. The van der Waals surface area contributed by atoms with Gasteiger partial charge >= 0.3 is 0 Å². The maximum absolute atomic E-state index is 2.54. The van der Waals surface area contributed by atoms with Crippen molar-refractivity contribution in [2.75, 3.05) is 4.90 Å². The lowest BCUT2D eigenvalue weighted by molar-refractivity contribution is 0.586. The Morgan fingerprint density at radius 2 is 0.803 bits per heavy atom. The molecule has 11 aromatic rings. The van der Waals surface area contributed by atoms with E-state index >= 15 is 0 Å². The molecule has 0 radical (unpaired) electrons. The van der Waals surface area contributed by atoms with E-state index < -0.39 is 5.41 Å². The summed E-state index contributed by atoms with van der Waals surface area (Å²) >= 11 is 1.87. The highest BCUT2D eigenvalue weighted by atomic mass is 32.1. The van der Waals surface area contributed by atoms with Gasteiger partial charge in [-0.15, -0.1) is 11.3 Å². The molecule has 0 atom stereocenters. The highest BCUT2D eigenvalue weighted by Crippen LogP contribution is 2.64. The number of para-hydroxylation sites is 1. The Balaban J connectivity index is 1.07. The maximum atomic E-state index is 2.54. The average molecular weight is 930 g/mol. The molecule has 1 spiro atoms. The van der Waals surface area contributed by atoms with Crippen molar-refractivity contribution in [3.05, 3.63) is 258 Å². The standard InChI is InChI=1S/C69H55NS/c1-67(2,3)45-32-36-54-55-37-33-46(68(4,5)6)41-63(55)69(62(54)40-45)60-29-17-14-26-53(60)59-42-47(35-39-61(59)69)70(48-34-38-58-57-28-16-19-31-65(57)71-66(58)43-48)64-30-18-15-27-56(64)52-25-13-12-24-51(52)50-23-11-10-22-49(50)44-20-8-7-9-21-44/h7-43H,1-6H3. The Bertz CT molecular complexity index is 3850. The third-order valence-electron chi connectivity index (χ3n) is 15.4. The number of thiophene rings is 1. The summed E-state index contributed by atoms with van der Waals surface area (Å²) in [4.78, 5) is 2.53. The van der Waals surface area contributed by atoms with Gasteiger partial charge in [0.1, 0.15) is 0 Å². The Morgan fingerprint density at radius 1 is 0.324 bits per heavy atom. The van der Waals surface area contributed by atoms with E-state index in [0.717, 1.165) is 17.1 Å². The van der Waals surface area contributed by atoms with Crippen LogP contribution in [0.5, 0.6) is 0 Å². The quantitative estimate of drug-likeness (QED) is 0.161. The molecule has 0 saturated heterocycles. The van der Waals surface area contributed by atoms with Gasteiger partial charge in [-0.25, -0.2) is 0 Å². The third kappa shape index (κ3) is 6.72. The number of fused-ring (bicyclic) bond motifs is 13. The molecule has 2 aliphatic carbocycles. The Hall–Kier alpha value is -7.78. The number of hydrogen-bond donors (Lipinski definition) is 0. The first-order valence-electron chi connectivity index (χ1n) is 25.1. The summed E-state index contributed by atoms with van der Waals surface area (Å²) in [6, 6.07) is 84.8. The van der Waals surface area contributed by atoms with Gasteiger partial charge in [0.25, 0.3) is 0 Å². The SMILES string of the molecule is CC(C)(C)c1ccc2c(c1)C1(c3ccccc3-c3cc(N(c4ccc5c(c4)sc4ccccc45)c4ccccc4-c4ccccc4-c4ccccc4-c4ccccc4)ccc31)c1cc(C(C)(C)C)ccc1-2. The minimum Gasteiger partial charge on any atom is -0.310 e. The Labute approximate surface area is 422 Å². The van der Waals surface area contributed by atoms with Gasteiger partial charge in [-0.2, -0.15) is 0 Å². The average Bonchev–Trinajstić information content (AvgIpc) is 4.02. The van der Waals surface area contributed by atoms with Gasteiger partial charge in [-0.1, -0.05) is 230 Å². The van der Waals surface area contributed by atoms with Crippen LogP contribution in [0.3, 0.4) is 0 Å². The largest absolute Gasteiger partial charge is 0.310 e. The van der Waals surface area contributed by atoms with Gasteiger partial charge in [0, 0.05) is 37.1 Å². The Morgan fingerprint density at radius 3 is 1.48 bits per heavy atom. The van der Waals surface area contributed by atoms with E-state index in [1.807, 2.05) is 11.3 Å². The molecular weight excluding hydrogens is 875 g/mol. The van der Waals surface area contributed by atoms with Crippen LogP contribution in [-0.4, -0.2) is 0 Å². The molecule has 13 rings (SSSR count). The second-order valence-corrected chi connectivity index (χ2v) is 22.7. The molecule has 1 nitrogen and oxygen atoms in total. The van der Waals surface area contributed by atoms with Crippen molar-refractivity contribution in [2.45, 2.75) is 57.8 Å². The fraction of sp³-hybridized carbons (Fsp3) is 0.130. The highest BCUT2D eigenvalue weighted by Gasteiger charge is 2.52. The monoisotopic (exact) mass is 929 g/mol. The highest BCUT2D eigenvalue weighted by molar-refractivity contribution is 7.25. The van der Waals surface area contributed by atoms with E-state index in [2.05, 4.69) is 271 Å². The number of nitrogens with zero attached hydrogens (tertiary/aromatic N) is 1. The lowest BCUT2D eigenvalue weighted by Gasteiger charge is -2.33. The fourth-order valence-corrected chi connectivity index (χ4v) is 13.1. The topological polar surface area (TPSA) is 3.24 Å². The molecular formula is C69H55NS. The van der Waals surface area contributed by atoms with Crippen LogP contribution in [0.25, 0.3) is 75.8 Å². The van der Waals surface area contributed by atoms with E-state index in [4.69, 9.17) is 0 Å². The second kappa shape index (κ2) is 16.1. The first-order valence-corrected chi connectivity index (χ1v) is 25.9. The molecule has 10 aromatic carbocycles. The molecule has 0 fully saturated rings. The normalized spacial score (nSPS) is 13.3. The predicted octanol–water partition coefficient (Wildman–Crippen LogP) is 19.5. The molecule has 342 valence electrons. The van der Waals surface area contributed by atoms with E-state index in [0.29, 0.717) is 0 Å². The molecule has 1 aromatic heterocycles. The van der Waals surface area contributed by atoms with Gasteiger partial charge in [0.15, 0.2) is 0 Å². The Kier molecular flexibility index (Phi) is 9.83. The summed E-state index contributed by atoms with van der Waals surface area (Å²) in [5.74, 6) is 0. The molecule has 2 heteroatoms. The van der Waals surface area contributed by atoms with E-state index in [9.17, 15) is 0 Å². The first kappa shape index (κ1) is 43.3. The predicted molar refractivity (Wildman–Crippen MR) is 304 cm³/mol. The zero-order valence-corrected chi connectivity index (χ0v) is 42.0. The van der Waals surface area contributed by atoms with Crippen LogP contribution in [0.4, 0.5) is 17.1 Å². The van der Waals surface area contributed by atoms with Crippen molar-refractivity contribution in [2.24, 2.45) is 0 Å². The van der Waals surface area contributed by atoms with E-state index in [1.165, 1.54) is 109 Å². The second-order valence-electron chi connectivity index (χ2n) is 21.6. The molecule has 0 N–H and O–H groups in total. The van der Waals surface area contributed by atoms with Crippen molar-refractivity contribution in [3.63, 3.8) is 0 Å². The van der Waals surface area contributed by atoms with Crippen molar-refractivity contribution in [1.29, 1.82) is 0 Å². The summed E-state index contributed by atoms with van der Waals surface area (Å²) in [6.45, 7) is 14.0. The summed E-state index contributed by atoms with van der Waals surface area (Å²) in [6.07, 6.45) is 0. The van der Waals surface area contributed by atoms with Crippen molar-refractivity contribution < 1.29 is 0 Å². The van der Waals surface area contributed by atoms with Crippen molar-refractivity contribution in [1.82, 2.24) is 0 Å². The van der Waals surface area contributed by atoms with Gasteiger partial charge in [-0.3, -0.25) is 0 Å². The molecule has 71 heavy (non-hydrogen) atoms. The van der Waals surface area contributed by atoms with Gasteiger partial charge in [0.05, 0.1) is 11.1 Å². The molecule has 0 aliphatic heterocycles. The lowest BCUT2D eigenvalue weighted by Crippen LogP contribution is -2.27. The summed E-state index contributed by atoms with van der Waals surface area (Å²) < 4.78 is 2.58. The van der Waals surface area contributed by atoms with Crippen molar-refractivity contribution >= 4 is 48.6 Å². The van der Waals surface area contributed by atoms with Crippen LogP contribution in [0.2, 0.25) is 0 Å². The molecule has 0 saturated carbocycles. The van der Waals surface area contributed by atoms with Gasteiger partial charge < -0.3 is 4.90 Å². The van der Waals surface area contributed by atoms with E-state index in [-0.39, 0.29) is 10.8 Å². The van der Waals surface area contributed by atoms with Gasteiger partial charge in [0.2, 0.25) is 0 Å². The van der Waals surface area contributed by atoms with Crippen LogP contribution in [0.1, 0.15) is 74.9 Å².